The zero-order valence-electron chi connectivity index (χ0n) is 6.62. The molecule has 11 heavy (non-hydrogen) atoms. The summed E-state index contributed by atoms with van der Waals surface area (Å²) in [5, 5.41) is 0. The quantitative estimate of drug-likeness (QED) is 0.693. The molecular formula is C9H12N2. The van der Waals surface area contributed by atoms with Gasteiger partial charge in [-0.1, -0.05) is 6.58 Å². The van der Waals surface area contributed by atoms with Crippen LogP contribution in [0.15, 0.2) is 24.9 Å². The smallest absolute Gasteiger partial charge is 0.0627 e. The van der Waals surface area contributed by atoms with Crippen LogP contribution in [-0.4, -0.2) is 4.98 Å². The Morgan fingerprint density at radius 1 is 1.73 bits per heavy atom. The standard InChI is InChI=1S/C9H12N2/c1-3-9-6-8(7(2)10)4-5-11-9/h3-7H,1,10H2,2H3/t7-/m0/s1. The molecule has 0 unspecified atom stereocenters. The highest BCUT2D eigenvalue weighted by atomic mass is 14.7. The fourth-order valence-corrected chi connectivity index (χ4v) is 0.860. The van der Waals surface area contributed by atoms with Gasteiger partial charge in [0.15, 0.2) is 0 Å². The van der Waals surface area contributed by atoms with E-state index < -0.39 is 0 Å². The van der Waals surface area contributed by atoms with Crippen molar-refractivity contribution in [1.82, 2.24) is 4.98 Å². The second kappa shape index (κ2) is 3.30. The van der Waals surface area contributed by atoms with Gasteiger partial charge in [0, 0.05) is 12.2 Å². The summed E-state index contributed by atoms with van der Waals surface area (Å²) in [6.45, 7) is 5.57. The van der Waals surface area contributed by atoms with Crippen LogP contribution in [0.2, 0.25) is 0 Å². The van der Waals surface area contributed by atoms with E-state index in [1.54, 1.807) is 12.3 Å². The van der Waals surface area contributed by atoms with E-state index in [0.29, 0.717) is 0 Å². The molecule has 2 heteroatoms. The number of hydrogen-bond donors (Lipinski definition) is 1. The summed E-state index contributed by atoms with van der Waals surface area (Å²) in [7, 11) is 0. The van der Waals surface area contributed by atoms with Crippen LogP contribution in [-0.2, 0) is 0 Å². The van der Waals surface area contributed by atoms with Gasteiger partial charge in [-0.05, 0) is 30.7 Å². The molecule has 1 heterocycles. The van der Waals surface area contributed by atoms with Gasteiger partial charge in [-0.3, -0.25) is 4.98 Å². The third-order valence-electron chi connectivity index (χ3n) is 1.54. The molecule has 0 aliphatic rings. The highest BCUT2D eigenvalue weighted by molar-refractivity contribution is 5.42. The average Bonchev–Trinajstić information content (AvgIpc) is 2.05. The first kappa shape index (κ1) is 7.95. The van der Waals surface area contributed by atoms with E-state index in [-0.39, 0.29) is 6.04 Å². The van der Waals surface area contributed by atoms with Gasteiger partial charge >= 0.3 is 0 Å². The molecule has 0 saturated heterocycles. The number of nitrogens with zero attached hydrogens (tertiary/aromatic N) is 1. The van der Waals surface area contributed by atoms with Crippen LogP contribution < -0.4 is 5.73 Å². The molecule has 0 amide bonds. The predicted molar refractivity (Wildman–Crippen MR) is 46.9 cm³/mol. The Kier molecular flexibility index (Phi) is 2.39. The Morgan fingerprint density at radius 3 is 3.00 bits per heavy atom. The number of aromatic nitrogens is 1. The molecular weight excluding hydrogens is 136 g/mol. The first-order valence-corrected chi connectivity index (χ1v) is 3.58. The molecule has 1 atom stereocenters. The minimum atomic E-state index is 0.0664. The van der Waals surface area contributed by atoms with Gasteiger partial charge < -0.3 is 5.73 Å². The lowest BCUT2D eigenvalue weighted by Gasteiger charge is -2.04. The fraction of sp³-hybridized carbons (Fsp3) is 0.222. The zero-order chi connectivity index (χ0) is 8.27. The largest absolute Gasteiger partial charge is 0.324 e. The molecule has 58 valence electrons. The van der Waals surface area contributed by atoms with Crippen molar-refractivity contribution in [1.29, 1.82) is 0 Å². The summed E-state index contributed by atoms with van der Waals surface area (Å²) in [6.07, 6.45) is 3.46. The van der Waals surface area contributed by atoms with Gasteiger partial charge in [-0.15, -0.1) is 0 Å². The highest BCUT2D eigenvalue weighted by Gasteiger charge is 1.98. The number of hydrogen-bond acceptors (Lipinski definition) is 2. The van der Waals surface area contributed by atoms with Gasteiger partial charge in [0.05, 0.1) is 5.69 Å². The monoisotopic (exact) mass is 148 g/mol. The van der Waals surface area contributed by atoms with Gasteiger partial charge in [0.25, 0.3) is 0 Å². The lowest BCUT2D eigenvalue weighted by Crippen LogP contribution is -2.05. The Hall–Kier alpha value is -1.15. The summed E-state index contributed by atoms with van der Waals surface area (Å²) < 4.78 is 0. The highest BCUT2D eigenvalue weighted by Crippen LogP contribution is 2.09. The summed E-state index contributed by atoms with van der Waals surface area (Å²) >= 11 is 0. The van der Waals surface area contributed by atoms with E-state index in [1.165, 1.54) is 0 Å². The van der Waals surface area contributed by atoms with E-state index in [4.69, 9.17) is 5.73 Å². The lowest BCUT2D eigenvalue weighted by atomic mass is 10.1. The summed E-state index contributed by atoms with van der Waals surface area (Å²) in [6, 6.07) is 3.92. The van der Waals surface area contributed by atoms with Crippen molar-refractivity contribution in [3.63, 3.8) is 0 Å². The summed E-state index contributed by atoms with van der Waals surface area (Å²) in [4.78, 5) is 4.07. The Morgan fingerprint density at radius 2 is 2.45 bits per heavy atom. The van der Waals surface area contributed by atoms with E-state index in [2.05, 4.69) is 11.6 Å². The molecule has 2 N–H and O–H groups in total. The van der Waals surface area contributed by atoms with Gasteiger partial charge in [-0.25, -0.2) is 0 Å². The molecule has 0 fully saturated rings. The molecule has 0 radical (unpaired) electrons. The Balaban J connectivity index is 3.00. The zero-order valence-corrected chi connectivity index (χ0v) is 6.62. The molecule has 1 aromatic rings. The van der Waals surface area contributed by atoms with Gasteiger partial charge in [0.1, 0.15) is 0 Å². The van der Waals surface area contributed by atoms with Crippen LogP contribution in [0.3, 0.4) is 0 Å². The van der Waals surface area contributed by atoms with E-state index in [1.807, 2.05) is 19.1 Å². The van der Waals surface area contributed by atoms with E-state index in [0.717, 1.165) is 11.3 Å². The second-order valence-electron chi connectivity index (χ2n) is 2.51. The maximum atomic E-state index is 5.68. The van der Waals surface area contributed by atoms with Crippen molar-refractivity contribution in [3.05, 3.63) is 36.2 Å². The molecule has 0 bridgehead atoms. The van der Waals surface area contributed by atoms with Crippen LogP contribution in [0.25, 0.3) is 6.08 Å². The molecule has 0 aromatic carbocycles. The molecule has 1 rings (SSSR count). The average molecular weight is 148 g/mol. The molecule has 0 aliphatic heterocycles. The van der Waals surface area contributed by atoms with Crippen LogP contribution in [0.4, 0.5) is 0 Å². The van der Waals surface area contributed by atoms with E-state index in [9.17, 15) is 0 Å². The Bertz CT molecular complexity index is 253. The number of pyridine rings is 1. The minimum absolute atomic E-state index is 0.0664. The maximum Gasteiger partial charge on any atom is 0.0627 e. The molecule has 0 aliphatic carbocycles. The van der Waals surface area contributed by atoms with Crippen LogP contribution in [0.1, 0.15) is 24.2 Å². The topological polar surface area (TPSA) is 38.9 Å². The van der Waals surface area contributed by atoms with Crippen LogP contribution in [0.5, 0.6) is 0 Å². The van der Waals surface area contributed by atoms with Crippen molar-refractivity contribution >= 4 is 6.08 Å². The fourth-order valence-electron chi connectivity index (χ4n) is 0.860. The number of nitrogens with two attached hydrogens (primary N) is 1. The second-order valence-corrected chi connectivity index (χ2v) is 2.51. The van der Waals surface area contributed by atoms with Crippen molar-refractivity contribution in [2.45, 2.75) is 13.0 Å². The number of rotatable bonds is 2. The van der Waals surface area contributed by atoms with Crippen molar-refractivity contribution < 1.29 is 0 Å². The third kappa shape index (κ3) is 1.88. The molecule has 2 nitrogen and oxygen atoms in total. The van der Waals surface area contributed by atoms with Gasteiger partial charge in [0.2, 0.25) is 0 Å². The van der Waals surface area contributed by atoms with Crippen molar-refractivity contribution in [3.8, 4) is 0 Å². The first-order valence-electron chi connectivity index (χ1n) is 3.58. The normalized spacial score (nSPS) is 12.5. The van der Waals surface area contributed by atoms with Crippen molar-refractivity contribution in [2.24, 2.45) is 5.73 Å². The molecule has 0 saturated carbocycles. The van der Waals surface area contributed by atoms with Crippen molar-refractivity contribution in [2.75, 3.05) is 0 Å². The third-order valence-corrected chi connectivity index (χ3v) is 1.54. The van der Waals surface area contributed by atoms with E-state index >= 15 is 0 Å². The first-order chi connectivity index (χ1) is 5.24. The SMILES string of the molecule is C=Cc1cc([C@H](C)N)ccn1. The maximum absolute atomic E-state index is 5.68. The summed E-state index contributed by atoms with van der Waals surface area (Å²) in [5.41, 5.74) is 7.64. The van der Waals surface area contributed by atoms with Gasteiger partial charge in [-0.2, -0.15) is 0 Å². The van der Waals surface area contributed by atoms with Crippen LogP contribution in [0, 0.1) is 0 Å². The van der Waals surface area contributed by atoms with Crippen LogP contribution >= 0.6 is 0 Å². The molecule has 1 aromatic heterocycles. The Labute approximate surface area is 66.8 Å². The molecule has 0 spiro atoms. The summed E-state index contributed by atoms with van der Waals surface area (Å²) in [5.74, 6) is 0. The lowest BCUT2D eigenvalue weighted by molar-refractivity contribution is 0.815. The predicted octanol–water partition coefficient (Wildman–Crippen LogP) is 1.74. The minimum Gasteiger partial charge on any atom is -0.324 e.